The molecule has 7 atom stereocenters. The van der Waals surface area contributed by atoms with Gasteiger partial charge in [0.25, 0.3) is 5.91 Å². The molecular weight excluding hydrogens is 981 g/mol. The predicted molar refractivity (Wildman–Crippen MR) is 279 cm³/mol. The molecule has 8 N–H and O–H groups in total. The summed E-state index contributed by atoms with van der Waals surface area (Å²) in [6.45, 7) is 19.6. The van der Waals surface area contributed by atoms with Crippen molar-refractivity contribution in [2.45, 2.75) is 168 Å². The molecule has 1 aromatic carbocycles. The molecule has 21 nitrogen and oxygen atoms in total. The number of piperidine rings is 1. The highest BCUT2D eigenvalue weighted by molar-refractivity contribution is 7.89. The fraction of sp³-hybridized carbons (Fsp3) is 0.680. The van der Waals surface area contributed by atoms with E-state index in [0.717, 1.165) is 37.1 Å². The minimum Gasteiger partial charge on any atom is -0.444 e. The number of nitrogens with one attached hydrogen (secondary N) is 6. The summed E-state index contributed by atoms with van der Waals surface area (Å²) in [7, 11) is -0.553. The first kappa shape index (κ1) is 61.9. The van der Waals surface area contributed by atoms with Crippen LogP contribution in [0.5, 0.6) is 0 Å². The predicted octanol–water partition coefficient (Wildman–Crippen LogP) is 4.47. The van der Waals surface area contributed by atoms with Crippen LogP contribution in [-0.2, 0) is 51.0 Å². The van der Waals surface area contributed by atoms with Gasteiger partial charge >= 0.3 is 12.1 Å². The number of rotatable bonds is 27. The molecule has 73 heavy (non-hydrogen) atoms. The van der Waals surface area contributed by atoms with Crippen molar-refractivity contribution in [3.63, 3.8) is 0 Å². The van der Waals surface area contributed by atoms with Crippen molar-refractivity contribution in [2.75, 3.05) is 33.8 Å². The Morgan fingerprint density at radius 3 is 2.14 bits per heavy atom. The fourth-order valence-electron chi connectivity index (χ4n) is 8.33. The average molecular weight is 1060 g/mol. The molecule has 8 amide bonds. The lowest BCUT2D eigenvalue weighted by atomic mass is 9.92. The summed E-state index contributed by atoms with van der Waals surface area (Å²) in [5.41, 5.74) is 5.21. The van der Waals surface area contributed by atoms with Crippen LogP contribution in [0.1, 0.15) is 147 Å². The summed E-state index contributed by atoms with van der Waals surface area (Å²) in [6.07, 6.45) is 2.70. The van der Waals surface area contributed by atoms with E-state index in [0.29, 0.717) is 35.6 Å². The first-order chi connectivity index (χ1) is 34.2. The Morgan fingerprint density at radius 2 is 1.56 bits per heavy atom. The molecule has 0 radical (unpaired) electrons. The molecule has 0 saturated carbocycles. The number of nitrogens with two attached hydrogens (primary N) is 1. The van der Waals surface area contributed by atoms with Gasteiger partial charge in [-0.2, -0.15) is 0 Å². The van der Waals surface area contributed by atoms with Gasteiger partial charge in [0.05, 0.1) is 11.8 Å². The summed E-state index contributed by atoms with van der Waals surface area (Å²) in [5.74, 6) is -3.50. The van der Waals surface area contributed by atoms with Crippen LogP contribution in [0.25, 0.3) is 0 Å². The second kappa shape index (κ2) is 28.9. The van der Waals surface area contributed by atoms with Crippen molar-refractivity contribution in [3.8, 4) is 0 Å². The van der Waals surface area contributed by atoms with Gasteiger partial charge in [-0.3, -0.25) is 28.9 Å². The van der Waals surface area contributed by atoms with Crippen LogP contribution < -0.4 is 37.0 Å². The Kier molecular flexibility index (Phi) is 24.5. The number of ether oxygens (including phenoxy) is 2. The van der Waals surface area contributed by atoms with Gasteiger partial charge < -0.3 is 46.7 Å². The van der Waals surface area contributed by atoms with Crippen LogP contribution in [0, 0.1) is 17.8 Å². The van der Waals surface area contributed by atoms with E-state index >= 15 is 0 Å². The molecule has 1 aromatic heterocycles. The van der Waals surface area contributed by atoms with Crippen LogP contribution in [0.4, 0.5) is 9.59 Å². The number of benzene rings is 1. The minimum absolute atomic E-state index is 0.00681. The van der Waals surface area contributed by atoms with E-state index in [4.69, 9.17) is 15.2 Å². The van der Waals surface area contributed by atoms with Crippen LogP contribution in [0.2, 0.25) is 0 Å². The molecular formula is C50H82N10O11S2. The van der Waals surface area contributed by atoms with Crippen LogP contribution in [0.3, 0.4) is 0 Å². The molecule has 2 aromatic rings. The van der Waals surface area contributed by atoms with E-state index in [1.807, 2.05) is 46.6 Å². The SMILES string of the molecule is CCO[C@H](C[C@H](C(C)C)N(C)C(=O)[C@@H](NC(=O)[C@H]1CCCCN1C)[C@@H](C)CC)c1nc(C(=O)NS(=O)(=O)Cc2ccc(CNC(=O)[C@H](CCCNC(N)=O)NC(=O)[C@@H](NC(=O)OC(C)(C)C)C(C)C)cc2)cs1. The van der Waals surface area contributed by atoms with Gasteiger partial charge in [-0.15, -0.1) is 11.3 Å². The molecule has 410 valence electrons. The molecule has 23 heteroatoms. The lowest BCUT2D eigenvalue weighted by Crippen LogP contribution is -2.58. The number of alkyl carbamates (subject to hydrolysis) is 1. The molecule has 1 aliphatic rings. The highest BCUT2D eigenvalue weighted by atomic mass is 32.2. The third kappa shape index (κ3) is 20.4. The first-order valence-electron chi connectivity index (χ1n) is 25.2. The number of thiazole rings is 1. The van der Waals surface area contributed by atoms with Crippen molar-refractivity contribution < 1.29 is 51.5 Å². The monoisotopic (exact) mass is 1060 g/mol. The summed E-state index contributed by atoms with van der Waals surface area (Å²) in [4.78, 5) is 100.0. The Labute approximate surface area is 436 Å². The number of hydrogen-bond acceptors (Lipinski definition) is 14. The molecule has 1 aliphatic heterocycles. The summed E-state index contributed by atoms with van der Waals surface area (Å²) in [6, 6.07) is 2.12. The van der Waals surface area contributed by atoms with Gasteiger partial charge in [0.15, 0.2) is 0 Å². The molecule has 1 fully saturated rings. The second-order valence-electron chi connectivity index (χ2n) is 20.5. The summed E-state index contributed by atoms with van der Waals surface area (Å²) < 4.78 is 40.2. The Bertz CT molecular complexity index is 2270. The third-order valence-electron chi connectivity index (χ3n) is 12.6. The van der Waals surface area contributed by atoms with Crippen LogP contribution >= 0.6 is 11.3 Å². The maximum Gasteiger partial charge on any atom is 0.408 e. The van der Waals surface area contributed by atoms with Crippen molar-refractivity contribution >= 4 is 63.0 Å². The van der Waals surface area contributed by atoms with E-state index in [2.05, 4.69) is 36.3 Å². The lowest BCUT2D eigenvalue weighted by Gasteiger charge is -2.38. The molecule has 0 spiro atoms. The van der Waals surface area contributed by atoms with E-state index < -0.39 is 75.5 Å². The summed E-state index contributed by atoms with van der Waals surface area (Å²) in [5, 5.41) is 15.5. The number of aromatic nitrogens is 1. The first-order valence-corrected chi connectivity index (χ1v) is 27.8. The third-order valence-corrected chi connectivity index (χ3v) is 14.8. The van der Waals surface area contributed by atoms with Gasteiger partial charge in [0.2, 0.25) is 33.7 Å². The zero-order chi connectivity index (χ0) is 54.8. The Hall–Kier alpha value is -5.39. The molecule has 1 saturated heterocycles. The number of amides is 8. The Balaban J connectivity index is 1.66. The zero-order valence-corrected chi connectivity index (χ0v) is 46.4. The minimum atomic E-state index is -4.22. The standard InChI is InChI=1S/C50H82N10O11S2/c1-13-32(7)41(56-44(63)37-19-15-16-25-59(37)11)47(65)60(12)38(30(3)4)26-39(70-14-2)46-55-36(28-72-46)43(62)58-73(68,69)29-34-22-20-33(21-23-34)27-53-42(61)35(18-17-24-52-48(51)66)54-45(64)40(31(5)6)57-49(67)71-50(8,9)10/h20-23,28,30-32,35,37-41H,13-19,24-27,29H2,1-12H3,(H,53,61)(H,54,64)(H,56,63)(H,57,67)(H,58,62)(H3,51,52,66)/t32-,35-,37+,38+,39+,40-,41-/m0/s1. The van der Waals surface area contributed by atoms with Gasteiger partial charge in [0, 0.05) is 44.6 Å². The Morgan fingerprint density at radius 1 is 0.904 bits per heavy atom. The molecule has 0 bridgehead atoms. The fourth-order valence-corrected chi connectivity index (χ4v) is 10.3. The quantitative estimate of drug-likeness (QED) is 0.0609. The number of hydrogen-bond donors (Lipinski definition) is 7. The second-order valence-corrected chi connectivity index (χ2v) is 23.1. The van der Waals surface area contributed by atoms with Crippen molar-refractivity contribution in [1.82, 2.24) is 46.1 Å². The van der Waals surface area contributed by atoms with Crippen molar-refractivity contribution in [3.05, 3.63) is 51.5 Å². The number of carbonyl (C=O) groups excluding carboxylic acids is 7. The van der Waals surface area contributed by atoms with E-state index in [9.17, 15) is 42.0 Å². The van der Waals surface area contributed by atoms with Crippen LogP contribution in [0.15, 0.2) is 29.6 Å². The summed E-state index contributed by atoms with van der Waals surface area (Å²) >= 11 is 1.15. The van der Waals surface area contributed by atoms with Gasteiger partial charge in [-0.05, 0) is 95.9 Å². The normalized spacial score (nSPS) is 16.8. The number of likely N-dealkylation sites (N-methyl/N-ethyl adjacent to an activating group) is 2. The molecule has 0 unspecified atom stereocenters. The van der Waals surface area contributed by atoms with Crippen LogP contribution in [-0.4, -0.2) is 134 Å². The molecule has 0 aliphatic carbocycles. The maximum absolute atomic E-state index is 14.3. The van der Waals surface area contributed by atoms with E-state index in [-0.39, 0.29) is 73.3 Å². The number of nitrogens with zero attached hydrogens (tertiary/aromatic N) is 3. The van der Waals surface area contributed by atoms with Gasteiger partial charge in [-0.25, -0.2) is 27.7 Å². The number of primary amides is 1. The molecule has 2 heterocycles. The smallest absolute Gasteiger partial charge is 0.408 e. The number of sulfonamides is 1. The van der Waals surface area contributed by atoms with Crippen molar-refractivity contribution in [1.29, 1.82) is 0 Å². The molecule has 3 rings (SSSR count). The van der Waals surface area contributed by atoms with E-state index in [1.165, 1.54) is 5.38 Å². The zero-order valence-electron chi connectivity index (χ0n) is 44.8. The highest BCUT2D eigenvalue weighted by Crippen LogP contribution is 2.31. The van der Waals surface area contributed by atoms with Crippen molar-refractivity contribution in [2.24, 2.45) is 23.5 Å². The number of carbonyl (C=O) groups is 7. The average Bonchev–Trinajstić information content (AvgIpc) is 3.81. The van der Waals surface area contributed by atoms with Gasteiger partial charge in [-0.1, -0.05) is 78.6 Å². The van der Waals surface area contributed by atoms with E-state index in [1.54, 1.807) is 70.8 Å². The number of likely N-dealkylation sites (tertiary alicyclic amines) is 1. The largest absolute Gasteiger partial charge is 0.444 e. The topological polar surface area (TPSA) is 290 Å². The van der Waals surface area contributed by atoms with Gasteiger partial charge in [0.1, 0.15) is 40.5 Å². The maximum atomic E-state index is 14.3. The highest BCUT2D eigenvalue weighted by Gasteiger charge is 2.37. The number of urea groups is 1. The lowest BCUT2D eigenvalue weighted by molar-refractivity contribution is -0.141.